The van der Waals surface area contributed by atoms with Crippen LogP contribution in [0.2, 0.25) is 0 Å². The first-order valence-electron chi connectivity index (χ1n) is 8.84. The van der Waals surface area contributed by atoms with Crippen LogP contribution in [0.4, 0.5) is 4.79 Å². The highest BCUT2D eigenvalue weighted by Crippen LogP contribution is 2.54. The first kappa shape index (κ1) is 18.0. The smallest absolute Gasteiger partial charge is 0.410 e. The predicted molar refractivity (Wildman–Crippen MR) is 89.8 cm³/mol. The van der Waals surface area contributed by atoms with E-state index in [9.17, 15) is 19.5 Å². The van der Waals surface area contributed by atoms with E-state index in [0.29, 0.717) is 19.6 Å². The van der Waals surface area contributed by atoms with E-state index < -0.39 is 29.0 Å². The summed E-state index contributed by atoms with van der Waals surface area (Å²) >= 11 is 0. The molecule has 3 rings (SSSR count). The molecule has 0 aromatic rings. The van der Waals surface area contributed by atoms with Gasteiger partial charge in [0, 0.05) is 37.5 Å². The molecule has 1 unspecified atom stereocenters. The molecule has 1 aliphatic carbocycles. The monoisotopic (exact) mass is 352 g/mol. The lowest BCUT2D eigenvalue weighted by Gasteiger charge is -2.50. The van der Waals surface area contributed by atoms with Crippen molar-refractivity contribution in [2.45, 2.75) is 46.6 Å². The summed E-state index contributed by atoms with van der Waals surface area (Å²) in [6.07, 6.45) is 0.408. The van der Waals surface area contributed by atoms with Crippen molar-refractivity contribution < 1.29 is 24.2 Å². The van der Waals surface area contributed by atoms with E-state index >= 15 is 0 Å². The molecule has 140 valence electrons. The van der Waals surface area contributed by atoms with Gasteiger partial charge in [-0.1, -0.05) is 13.8 Å². The summed E-state index contributed by atoms with van der Waals surface area (Å²) in [5.74, 6) is -1.40. The van der Waals surface area contributed by atoms with Crippen LogP contribution in [0.5, 0.6) is 0 Å². The summed E-state index contributed by atoms with van der Waals surface area (Å²) in [7, 11) is 0. The number of likely N-dealkylation sites (tertiary alicyclic amines) is 2. The fourth-order valence-electron chi connectivity index (χ4n) is 4.07. The number of amides is 2. The van der Waals surface area contributed by atoms with Gasteiger partial charge in [0.05, 0.1) is 5.92 Å². The summed E-state index contributed by atoms with van der Waals surface area (Å²) in [6.45, 7) is 10.8. The van der Waals surface area contributed by atoms with E-state index in [4.69, 9.17) is 4.74 Å². The molecular weight excluding hydrogens is 324 g/mol. The Kier molecular flexibility index (Phi) is 3.86. The lowest BCUT2D eigenvalue weighted by atomic mass is 9.71. The maximum absolute atomic E-state index is 12.5. The Morgan fingerprint density at radius 3 is 2.00 bits per heavy atom. The molecule has 2 amide bonds. The van der Waals surface area contributed by atoms with Gasteiger partial charge in [-0.05, 0) is 32.6 Å². The molecule has 3 aliphatic rings. The fourth-order valence-corrected chi connectivity index (χ4v) is 4.07. The largest absolute Gasteiger partial charge is 0.481 e. The molecule has 2 heterocycles. The number of hydrogen-bond acceptors (Lipinski definition) is 4. The van der Waals surface area contributed by atoms with Crippen LogP contribution in [-0.2, 0) is 14.3 Å². The molecule has 0 aromatic heterocycles. The number of carboxylic acid groups (broad SMARTS) is 1. The molecule has 7 nitrogen and oxygen atoms in total. The Morgan fingerprint density at radius 1 is 1.04 bits per heavy atom. The fraction of sp³-hybridized carbons (Fsp3) is 0.833. The number of rotatable bonds is 2. The van der Waals surface area contributed by atoms with Crippen LogP contribution < -0.4 is 0 Å². The molecule has 2 atom stereocenters. The van der Waals surface area contributed by atoms with Gasteiger partial charge in [-0.25, -0.2) is 4.79 Å². The van der Waals surface area contributed by atoms with Crippen LogP contribution in [0, 0.1) is 22.7 Å². The maximum Gasteiger partial charge on any atom is 0.410 e. The van der Waals surface area contributed by atoms with Crippen LogP contribution in [-0.4, -0.2) is 64.7 Å². The van der Waals surface area contributed by atoms with Crippen molar-refractivity contribution in [1.82, 2.24) is 9.80 Å². The minimum atomic E-state index is -0.912. The Bertz CT molecular complexity index is 615. The SMILES string of the molecule is CC(C)(C)OC(=O)N1CC(C(=O)O)C2(C1)CN(C(=O)[C@H]1CC1(C)C)C2. The van der Waals surface area contributed by atoms with Gasteiger partial charge in [0.15, 0.2) is 0 Å². The zero-order valence-corrected chi connectivity index (χ0v) is 15.7. The number of carbonyl (C=O) groups is 3. The standard InChI is InChI=1S/C18H28N2O5/c1-16(2,3)25-15(24)19-7-12(14(22)23)18(8-19)9-20(10-18)13(21)11-6-17(11,4)5/h11-12H,6-10H2,1-5H3,(H,22,23)/t11-,12?/m1/s1. The van der Waals surface area contributed by atoms with Crippen molar-refractivity contribution in [3.63, 3.8) is 0 Å². The summed E-state index contributed by atoms with van der Waals surface area (Å²) < 4.78 is 5.37. The number of hydrogen-bond donors (Lipinski definition) is 1. The quantitative estimate of drug-likeness (QED) is 0.819. The Labute approximate surface area is 148 Å². The minimum Gasteiger partial charge on any atom is -0.481 e. The number of ether oxygens (including phenoxy) is 1. The van der Waals surface area contributed by atoms with Gasteiger partial charge in [0.25, 0.3) is 0 Å². The third-order valence-electron chi connectivity index (χ3n) is 5.73. The molecule has 1 saturated carbocycles. The Balaban J connectivity index is 1.66. The van der Waals surface area contributed by atoms with Crippen LogP contribution in [0.25, 0.3) is 0 Å². The molecular formula is C18H28N2O5. The number of carbonyl (C=O) groups excluding carboxylic acids is 2. The van der Waals surface area contributed by atoms with Crippen molar-refractivity contribution in [3.05, 3.63) is 0 Å². The summed E-state index contributed by atoms with van der Waals surface area (Å²) in [5, 5.41) is 9.59. The maximum atomic E-state index is 12.5. The molecule has 1 spiro atoms. The minimum absolute atomic E-state index is 0.0523. The molecule has 25 heavy (non-hydrogen) atoms. The summed E-state index contributed by atoms with van der Waals surface area (Å²) in [6, 6.07) is 0. The average molecular weight is 352 g/mol. The lowest BCUT2D eigenvalue weighted by molar-refractivity contribution is -0.158. The Hall–Kier alpha value is -1.79. The molecule has 7 heteroatoms. The second kappa shape index (κ2) is 5.35. The van der Waals surface area contributed by atoms with Gasteiger partial charge in [0.1, 0.15) is 5.60 Å². The molecule has 2 saturated heterocycles. The number of carboxylic acids is 1. The van der Waals surface area contributed by atoms with Crippen molar-refractivity contribution in [2.24, 2.45) is 22.7 Å². The predicted octanol–water partition coefficient (Wildman–Crippen LogP) is 1.81. The normalized spacial score (nSPS) is 29.3. The van der Waals surface area contributed by atoms with Gasteiger partial charge < -0.3 is 19.6 Å². The molecule has 1 N–H and O–H groups in total. The highest BCUT2D eigenvalue weighted by Gasteiger charge is 2.62. The number of nitrogens with zero attached hydrogens (tertiary/aromatic N) is 2. The van der Waals surface area contributed by atoms with E-state index in [2.05, 4.69) is 13.8 Å². The second-order valence-electron chi connectivity index (χ2n) is 9.55. The van der Waals surface area contributed by atoms with E-state index in [0.717, 1.165) is 6.42 Å². The summed E-state index contributed by atoms with van der Waals surface area (Å²) in [4.78, 5) is 39.7. The molecule has 0 aromatic carbocycles. The average Bonchev–Trinajstić information content (AvgIpc) is 2.89. The van der Waals surface area contributed by atoms with E-state index in [1.54, 1.807) is 25.7 Å². The van der Waals surface area contributed by atoms with Gasteiger partial charge in [-0.15, -0.1) is 0 Å². The van der Waals surface area contributed by atoms with Crippen LogP contribution >= 0.6 is 0 Å². The van der Waals surface area contributed by atoms with Gasteiger partial charge in [0.2, 0.25) is 5.91 Å². The van der Waals surface area contributed by atoms with Crippen molar-refractivity contribution >= 4 is 18.0 Å². The second-order valence-corrected chi connectivity index (χ2v) is 9.55. The van der Waals surface area contributed by atoms with E-state index in [-0.39, 0.29) is 23.8 Å². The topological polar surface area (TPSA) is 87.2 Å². The van der Waals surface area contributed by atoms with Crippen molar-refractivity contribution in [1.29, 1.82) is 0 Å². The molecule has 3 fully saturated rings. The molecule has 2 aliphatic heterocycles. The first-order valence-corrected chi connectivity index (χ1v) is 8.84. The third-order valence-corrected chi connectivity index (χ3v) is 5.73. The van der Waals surface area contributed by atoms with Crippen molar-refractivity contribution in [2.75, 3.05) is 26.2 Å². The number of aliphatic carboxylic acids is 1. The molecule has 0 radical (unpaired) electrons. The zero-order chi connectivity index (χ0) is 18.8. The van der Waals surface area contributed by atoms with Gasteiger partial charge in [-0.3, -0.25) is 9.59 Å². The van der Waals surface area contributed by atoms with Gasteiger partial charge in [-0.2, -0.15) is 0 Å². The lowest BCUT2D eigenvalue weighted by Crippen LogP contribution is -2.63. The van der Waals surface area contributed by atoms with E-state index in [1.165, 1.54) is 4.90 Å². The van der Waals surface area contributed by atoms with Crippen LogP contribution in [0.1, 0.15) is 41.0 Å². The third kappa shape index (κ3) is 3.20. The van der Waals surface area contributed by atoms with Crippen LogP contribution in [0.15, 0.2) is 0 Å². The zero-order valence-electron chi connectivity index (χ0n) is 15.7. The van der Waals surface area contributed by atoms with Crippen molar-refractivity contribution in [3.8, 4) is 0 Å². The highest BCUT2D eigenvalue weighted by molar-refractivity contribution is 5.84. The van der Waals surface area contributed by atoms with Crippen LogP contribution in [0.3, 0.4) is 0 Å². The summed E-state index contributed by atoms with van der Waals surface area (Å²) in [5.41, 5.74) is -1.10. The van der Waals surface area contributed by atoms with Gasteiger partial charge >= 0.3 is 12.1 Å². The van der Waals surface area contributed by atoms with E-state index in [1.807, 2.05) is 0 Å². The first-order chi connectivity index (χ1) is 11.3. The Morgan fingerprint density at radius 2 is 1.56 bits per heavy atom. The highest BCUT2D eigenvalue weighted by atomic mass is 16.6. The molecule has 0 bridgehead atoms.